The van der Waals surface area contributed by atoms with E-state index < -0.39 is 0 Å². The molecule has 0 bridgehead atoms. The first-order valence-corrected chi connectivity index (χ1v) is 8.52. The number of carbonyl (C=O) groups is 2. The summed E-state index contributed by atoms with van der Waals surface area (Å²) < 4.78 is 0. The molecule has 0 aliphatic rings. The van der Waals surface area contributed by atoms with Gasteiger partial charge in [-0.15, -0.1) is 0 Å². The third-order valence-electron chi connectivity index (χ3n) is 4.23. The zero-order chi connectivity index (χ0) is 19.2. The molecule has 3 aromatic rings. The van der Waals surface area contributed by atoms with Crippen molar-refractivity contribution in [2.45, 2.75) is 13.5 Å². The SMILES string of the molecule is CC(=O)N(C)c1ccc(-c2ccc(C(=O)NCc3cccnc3)nc2)cc1. The van der Waals surface area contributed by atoms with Gasteiger partial charge in [0.25, 0.3) is 5.91 Å². The lowest BCUT2D eigenvalue weighted by Gasteiger charge is -2.15. The van der Waals surface area contributed by atoms with E-state index in [0.717, 1.165) is 22.4 Å². The third-order valence-corrected chi connectivity index (χ3v) is 4.23. The lowest BCUT2D eigenvalue weighted by Crippen LogP contribution is -2.23. The zero-order valence-corrected chi connectivity index (χ0v) is 15.2. The van der Waals surface area contributed by atoms with E-state index in [-0.39, 0.29) is 11.8 Å². The van der Waals surface area contributed by atoms with Crippen LogP contribution in [0.4, 0.5) is 5.69 Å². The Morgan fingerprint density at radius 2 is 1.74 bits per heavy atom. The summed E-state index contributed by atoms with van der Waals surface area (Å²) in [5, 5.41) is 2.83. The molecular weight excluding hydrogens is 340 g/mol. The molecule has 0 atom stereocenters. The van der Waals surface area contributed by atoms with Crippen LogP contribution < -0.4 is 10.2 Å². The van der Waals surface area contributed by atoms with Crippen LogP contribution >= 0.6 is 0 Å². The first kappa shape index (κ1) is 18.3. The van der Waals surface area contributed by atoms with Crippen LogP contribution in [0.3, 0.4) is 0 Å². The number of benzene rings is 1. The number of hydrogen-bond donors (Lipinski definition) is 1. The molecule has 1 aromatic carbocycles. The minimum Gasteiger partial charge on any atom is -0.347 e. The number of aromatic nitrogens is 2. The second-order valence-corrected chi connectivity index (χ2v) is 6.10. The molecule has 27 heavy (non-hydrogen) atoms. The van der Waals surface area contributed by atoms with Gasteiger partial charge in [0, 0.05) is 50.4 Å². The van der Waals surface area contributed by atoms with Crippen LogP contribution in [0.1, 0.15) is 23.0 Å². The molecule has 0 aliphatic heterocycles. The van der Waals surface area contributed by atoms with E-state index in [1.54, 1.807) is 36.6 Å². The van der Waals surface area contributed by atoms with Gasteiger partial charge in [0.1, 0.15) is 5.69 Å². The molecule has 6 nitrogen and oxygen atoms in total. The smallest absolute Gasteiger partial charge is 0.270 e. The molecule has 2 heterocycles. The highest BCUT2D eigenvalue weighted by Crippen LogP contribution is 2.22. The molecule has 136 valence electrons. The van der Waals surface area contributed by atoms with Gasteiger partial charge in [0.05, 0.1) is 0 Å². The van der Waals surface area contributed by atoms with Crippen LogP contribution in [0.2, 0.25) is 0 Å². The molecule has 2 amide bonds. The van der Waals surface area contributed by atoms with Crippen LogP contribution in [-0.4, -0.2) is 28.8 Å². The predicted octanol–water partition coefficient (Wildman–Crippen LogP) is 3.06. The van der Waals surface area contributed by atoms with Crippen molar-refractivity contribution in [1.82, 2.24) is 15.3 Å². The van der Waals surface area contributed by atoms with Crippen LogP contribution in [0.25, 0.3) is 11.1 Å². The second-order valence-electron chi connectivity index (χ2n) is 6.10. The number of anilines is 1. The number of hydrogen-bond acceptors (Lipinski definition) is 4. The third kappa shape index (κ3) is 4.55. The van der Waals surface area contributed by atoms with E-state index in [4.69, 9.17) is 0 Å². The molecule has 0 spiro atoms. The Morgan fingerprint density at radius 1 is 1.00 bits per heavy atom. The average Bonchev–Trinajstić information content (AvgIpc) is 2.72. The van der Waals surface area contributed by atoms with Crippen molar-refractivity contribution in [3.05, 3.63) is 78.4 Å². The van der Waals surface area contributed by atoms with Gasteiger partial charge < -0.3 is 10.2 Å². The number of pyridine rings is 2. The van der Waals surface area contributed by atoms with E-state index in [1.165, 1.54) is 6.92 Å². The molecular formula is C21H20N4O2. The normalized spacial score (nSPS) is 10.3. The molecule has 6 heteroatoms. The fourth-order valence-electron chi connectivity index (χ4n) is 2.53. The molecule has 0 saturated carbocycles. The Hall–Kier alpha value is -3.54. The summed E-state index contributed by atoms with van der Waals surface area (Å²) in [6.45, 7) is 1.93. The summed E-state index contributed by atoms with van der Waals surface area (Å²) in [5.74, 6) is -0.255. The van der Waals surface area contributed by atoms with Gasteiger partial charge in [-0.25, -0.2) is 0 Å². The number of carbonyl (C=O) groups excluding carboxylic acids is 2. The maximum Gasteiger partial charge on any atom is 0.270 e. The van der Waals surface area contributed by atoms with E-state index in [0.29, 0.717) is 12.2 Å². The van der Waals surface area contributed by atoms with Gasteiger partial charge in [-0.05, 0) is 35.4 Å². The Morgan fingerprint density at radius 3 is 2.33 bits per heavy atom. The summed E-state index contributed by atoms with van der Waals surface area (Å²) >= 11 is 0. The predicted molar refractivity (Wildman–Crippen MR) is 104 cm³/mol. The highest BCUT2D eigenvalue weighted by Gasteiger charge is 2.09. The minimum atomic E-state index is -0.233. The fraction of sp³-hybridized carbons (Fsp3) is 0.143. The standard InChI is InChI=1S/C21H20N4O2/c1-15(26)25(2)19-8-5-17(6-9-19)18-7-10-20(23-14-18)21(27)24-13-16-4-3-11-22-12-16/h3-12,14H,13H2,1-2H3,(H,24,27). The Labute approximate surface area is 157 Å². The van der Waals surface area contributed by atoms with Gasteiger partial charge in [-0.3, -0.25) is 19.6 Å². The quantitative estimate of drug-likeness (QED) is 0.759. The molecule has 0 fully saturated rings. The molecule has 1 N–H and O–H groups in total. The second kappa shape index (κ2) is 8.23. The van der Waals surface area contributed by atoms with Crippen LogP contribution in [0, 0.1) is 0 Å². The van der Waals surface area contributed by atoms with Crippen LogP contribution in [0.15, 0.2) is 67.1 Å². The summed E-state index contributed by atoms with van der Waals surface area (Å²) in [6.07, 6.45) is 5.07. The molecule has 0 radical (unpaired) electrons. The first-order chi connectivity index (χ1) is 13.0. The summed E-state index contributed by atoms with van der Waals surface area (Å²) in [6, 6.07) is 14.9. The highest BCUT2D eigenvalue weighted by atomic mass is 16.2. The molecule has 0 saturated heterocycles. The highest BCUT2D eigenvalue weighted by molar-refractivity contribution is 5.93. The topological polar surface area (TPSA) is 75.2 Å². The van der Waals surface area contributed by atoms with Gasteiger partial charge in [0.15, 0.2) is 0 Å². The largest absolute Gasteiger partial charge is 0.347 e. The van der Waals surface area contributed by atoms with E-state index in [9.17, 15) is 9.59 Å². The average molecular weight is 360 g/mol. The molecule has 2 aromatic heterocycles. The van der Waals surface area contributed by atoms with Crippen LogP contribution in [0.5, 0.6) is 0 Å². The van der Waals surface area contributed by atoms with Crippen molar-refractivity contribution < 1.29 is 9.59 Å². The maximum absolute atomic E-state index is 12.2. The van der Waals surface area contributed by atoms with Crippen LogP contribution in [-0.2, 0) is 11.3 Å². The summed E-state index contributed by atoms with van der Waals surface area (Å²) in [7, 11) is 1.73. The van der Waals surface area contributed by atoms with Crippen molar-refractivity contribution in [3.8, 4) is 11.1 Å². The Bertz CT molecular complexity index is 923. The van der Waals surface area contributed by atoms with E-state index >= 15 is 0 Å². The van der Waals surface area contributed by atoms with E-state index in [2.05, 4.69) is 15.3 Å². The summed E-state index contributed by atoms with van der Waals surface area (Å²) in [4.78, 5) is 33.5. The van der Waals surface area contributed by atoms with Crippen molar-refractivity contribution >= 4 is 17.5 Å². The van der Waals surface area contributed by atoms with Gasteiger partial charge in [-0.2, -0.15) is 0 Å². The lowest BCUT2D eigenvalue weighted by atomic mass is 10.1. The molecule has 0 unspecified atom stereocenters. The minimum absolute atomic E-state index is 0.0222. The van der Waals surface area contributed by atoms with Crippen molar-refractivity contribution in [3.63, 3.8) is 0 Å². The first-order valence-electron chi connectivity index (χ1n) is 8.52. The Balaban J connectivity index is 1.66. The van der Waals surface area contributed by atoms with Gasteiger partial charge in [0.2, 0.25) is 5.91 Å². The number of nitrogens with one attached hydrogen (secondary N) is 1. The number of rotatable bonds is 5. The fourth-order valence-corrected chi connectivity index (χ4v) is 2.53. The Kier molecular flexibility index (Phi) is 5.56. The number of nitrogens with zero attached hydrogens (tertiary/aromatic N) is 3. The maximum atomic E-state index is 12.2. The molecule has 3 rings (SSSR count). The number of amides is 2. The van der Waals surface area contributed by atoms with E-state index in [1.807, 2.05) is 42.5 Å². The van der Waals surface area contributed by atoms with Crippen molar-refractivity contribution in [2.24, 2.45) is 0 Å². The van der Waals surface area contributed by atoms with Gasteiger partial charge >= 0.3 is 0 Å². The zero-order valence-electron chi connectivity index (χ0n) is 15.2. The van der Waals surface area contributed by atoms with Crippen molar-refractivity contribution in [1.29, 1.82) is 0 Å². The lowest BCUT2D eigenvalue weighted by molar-refractivity contribution is -0.116. The molecule has 0 aliphatic carbocycles. The monoisotopic (exact) mass is 360 g/mol. The van der Waals surface area contributed by atoms with Gasteiger partial charge in [-0.1, -0.05) is 24.3 Å². The summed E-state index contributed by atoms with van der Waals surface area (Å²) in [5.41, 5.74) is 3.97. The van der Waals surface area contributed by atoms with Crippen molar-refractivity contribution in [2.75, 3.05) is 11.9 Å².